The van der Waals surface area contributed by atoms with Crippen LogP contribution in [0.15, 0.2) is 0 Å². The van der Waals surface area contributed by atoms with Crippen molar-refractivity contribution in [3.05, 3.63) is 0 Å². The van der Waals surface area contributed by atoms with Gasteiger partial charge in [-0.05, 0) is 6.92 Å². The highest BCUT2D eigenvalue weighted by Crippen LogP contribution is 1.59. The molecule has 0 aliphatic rings. The fraction of sp³-hybridized carbons (Fsp3) is 0.500. The highest BCUT2D eigenvalue weighted by Gasteiger charge is 1.91. The first-order valence-electron chi connectivity index (χ1n) is 2.40. The number of primary amides is 1. The number of amides is 2. The summed E-state index contributed by atoms with van der Waals surface area (Å²) >= 11 is 0. The molecule has 2 amide bonds. The number of rotatable bonds is 3. The van der Waals surface area contributed by atoms with Gasteiger partial charge in [-0.2, -0.15) is 0 Å². The Hall–Kier alpha value is -1.10. The number of carbonyl (C=O) groups is 2. The molecule has 0 fully saturated rings. The number of hydrogen-bond acceptors (Lipinski definition) is 3. The zero-order valence-corrected chi connectivity index (χ0v) is 5.10. The Labute approximate surface area is 52.6 Å². The number of carbonyl (C=O) groups excluding carboxylic acids is 2. The molecular formula is C4H9N3O2. The Morgan fingerprint density at radius 2 is 2.11 bits per heavy atom. The van der Waals surface area contributed by atoms with Gasteiger partial charge in [0.15, 0.2) is 0 Å². The quantitative estimate of drug-likeness (QED) is 0.418. The highest BCUT2D eigenvalue weighted by atomic mass is 16.2. The minimum atomic E-state index is -0.698. The number of nitrogens with two attached hydrogens (primary N) is 1. The first-order chi connectivity index (χ1) is 4.13. The first kappa shape index (κ1) is 7.90. The third-order valence-corrected chi connectivity index (χ3v) is 0.549. The van der Waals surface area contributed by atoms with Crippen molar-refractivity contribution >= 4 is 11.8 Å². The van der Waals surface area contributed by atoms with Crippen molar-refractivity contribution in [1.29, 1.82) is 0 Å². The molecule has 4 N–H and O–H groups in total. The number of urea groups is 1. The van der Waals surface area contributed by atoms with Crippen molar-refractivity contribution in [3.8, 4) is 0 Å². The maximum absolute atomic E-state index is 10.2. The van der Waals surface area contributed by atoms with Crippen LogP contribution in [0.2, 0.25) is 0 Å². The smallest absolute Gasteiger partial charge is 0.326 e. The normalized spacial score (nSPS) is 8.56. The van der Waals surface area contributed by atoms with Gasteiger partial charge in [-0.3, -0.25) is 10.2 Å². The lowest BCUT2D eigenvalue weighted by Gasteiger charge is -1.98. The minimum Gasteiger partial charge on any atom is -0.351 e. The third-order valence-electron chi connectivity index (χ3n) is 0.549. The Morgan fingerprint density at radius 1 is 1.56 bits per heavy atom. The number of hydrazine groups is 1. The van der Waals surface area contributed by atoms with Gasteiger partial charge in [-0.1, -0.05) is 0 Å². The molecule has 0 atom stereocenters. The lowest BCUT2D eigenvalue weighted by Crippen LogP contribution is -2.42. The molecule has 0 saturated heterocycles. The second-order valence-electron chi connectivity index (χ2n) is 1.54. The summed E-state index contributed by atoms with van der Waals surface area (Å²) in [5.41, 5.74) is 9.01. The molecular weight excluding hydrogens is 122 g/mol. The monoisotopic (exact) mass is 131 g/mol. The van der Waals surface area contributed by atoms with Crippen LogP contribution in [0.1, 0.15) is 6.92 Å². The van der Waals surface area contributed by atoms with Crippen LogP contribution < -0.4 is 16.6 Å². The van der Waals surface area contributed by atoms with E-state index in [0.717, 1.165) is 0 Å². The second kappa shape index (κ2) is 3.85. The molecule has 0 saturated carbocycles. The van der Waals surface area contributed by atoms with E-state index < -0.39 is 6.03 Å². The van der Waals surface area contributed by atoms with Crippen LogP contribution in [0.5, 0.6) is 0 Å². The fourth-order valence-corrected chi connectivity index (χ4v) is 0.256. The lowest BCUT2D eigenvalue weighted by molar-refractivity contribution is -0.116. The molecule has 0 aliphatic heterocycles. The van der Waals surface area contributed by atoms with Gasteiger partial charge >= 0.3 is 6.03 Å². The van der Waals surface area contributed by atoms with Gasteiger partial charge in [-0.15, -0.1) is 0 Å². The van der Waals surface area contributed by atoms with Crippen LogP contribution in [-0.4, -0.2) is 18.4 Å². The predicted octanol–water partition coefficient (Wildman–Crippen LogP) is -1.25. The van der Waals surface area contributed by atoms with Crippen molar-refractivity contribution in [2.24, 2.45) is 5.73 Å². The van der Waals surface area contributed by atoms with E-state index in [9.17, 15) is 9.59 Å². The lowest BCUT2D eigenvalue weighted by atomic mass is 10.5. The molecule has 0 aromatic rings. The number of Topliss-reactive ketones (excluding diaryl/α,β-unsaturated/α-hetero) is 1. The standard InChI is InChI=1S/C4H9N3O2/c1-3(8)2-6-7-4(5)9/h6H,2H2,1H3,(H3,5,7,9). The molecule has 0 aliphatic carbocycles. The summed E-state index contributed by atoms with van der Waals surface area (Å²) in [7, 11) is 0. The summed E-state index contributed by atoms with van der Waals surface area (Å²) in [5, 5.41) is 0. The summed E-state index contributed by atoms with van der Waals surface area (Å²) in [6.07, 6.45) is 0. The van der Waals surface area contributed by atoms with E-state index in [1.165, 1.54) is 6.92 Å². The van der Waals surface area contributed by atoms with E-state index in [0.29, 0.717) is 0 Å². The average molecular weight is 131 g/mol. The van der Waals surface area contributed by atoms with Crippen molar-refractivity contribution in [2.75, 3.05) is 6.54 Å². The molecule has 0 rings (SSSR count). The second-order valence-corrected chi connectivity index (χ2v) is 1.54. The molecule has 0 spiro atoms. The average Bonchev–Trinajstić information content (AvgIpc) is 1.63. The maximum Gasteiger partial charge on any atom is 0.326 e. The summed E-state index contributed by atoms with van der Waals surface area (Å²) in [6, 6.07) is -0.698. The van der Waals surface area contributed by atoms with Gasteiger partial charge in [0.1, 0.15) is 5.78 Å². The van der Waals surface area contributed by atoms with Crippen LogP contribution in [-0.2, 0) is 4.79 Å². The van der Waals surface area contributed by atoms with E-state index in [4.69, 9.17) is 0 Å². The van der Waals surface area contributed by atoms with Gasteiger partial charge in [0.2, 0.25) is 0 Å². The van der Waals surface area contributed by atoms with Crippen molar-refractivity contribution in [1.82, 2.24) is 10.9 Å². The van der Waals surface area contributed by atoms with Gasteiger partial charge in [-0.25, -0.2) is 10.2 Å². The van der Waals surface area contributed by atoms with Crippen molar-refractivity contribution < 1.29 is 9.59 Å². The molecule has 0 aromatic heterocycles. The largest absolute Gasteiger partial charge is 0.351 e. The number of ketones is 1. The number of nitrogens with one attached hydrogen (secondary N) is 2. The molecule has 0 radical (unpaired) electrons. The fourth-order valence-electron chi connectivity index (χ4n) is 0.256. The molecule has 52 valence electrons. The van der Waals surface area contributed by atoms with E-state index >= 15 is 0 Å². The minimum absolute atomic E-state index is 0.0660. The van der Waals surface area contributed by atoms with Gasteiger partial charge in [0, 0.05) is 0 Å². The van der Waals surface area contributed by atoms with Gasteiger partial charge in [0.25, 0.3) is 0 Å². The topological polar surface area (TPSA) is 84.2 Å². The molecule has 0 heterocycles. The summed E-state index contributed by atoms with van der Waals surface area (Å²) < 4.78 is 0. The maximum atomic E-state index is 10.2. The Morgan fingerprint density at radius 3 is 2.44 bits per heavy atom. The van der Waals surface area contributed by atoms with E-state index in [2.05, 4.69) is 11.2 Å². The zero-order chi connectivity index (χ0) is 7.28. The van der Waals surface area contributed by atoms with Gasteiger partial charge < -0.3 is 5.73 Å². The van der Waals surface area contributed by atoms with Crippen LogP contribution >= 0.6 is 0 Å². The number of hydrogen-bond donors (Lipinski definition) is 3. The molecule has 0 aromatic carbocycles. The first-order valence-corrected chi connectivity index (χ1v) is 2.40. The third kappa shape index (κ3) is 6.90. The van der Waals surface area contributed by atoms with Crippen molar-refractivity contribution in [2.45, 2.75) is 6.92 Å². The molecule has 0 unspecified atom stereocenters. The molecule has 5 nitrogen and oxygen atoms in total. The summed E-state index contributed by atoms with van der Waals surface area (Å²) in [6.45, 7) is 1.50. The Bertz CT molecular complexity index is 109. The summed E-state index contributed by atoms with van der Waals surface area (Å²) in [5.74, 6) is -0.0660. The SMILES string of the molecule is CC(=O)CNNC(N)=O. The summed E-state index contributed by atoms with van der Waals surface area (Å²) in [4.78, 5) is 20.1. The van der Waals surface area contributed by atoms with Crippen LogP contribution in [0.25, 0.3) is 0 Å². The molecule has 0 bridgehead atoms. The van der Waals surface area contributed by atoms with E-state index in [1.54, 1.807) is 0 Å². The van der Waals surface area contributed by atoms with Crippen molar-refractivity contribution in [3.63, 3.8) is 0 Å². The Kier molecular flexibility index (Phi) is 3.38. The van der Waals surface area contributed by atoms with Gasteiger partial charge in [0.05, 0.1) is 6.54 Å². The Balaban J connectivity index is 3.10. The van der Waals surface area contributed by atoms with Crippen LogP contribution in [0, 0.1) is 0 Å². The molecule has 9 heavy (non-hydrogen) atoms. The highest BCUT2D eigenvalue weighted by molar-refractivity contribution is 5.78. The van der Waals surface area contributed by atoms with E-state index in [1.807, 2.05) is 5.43 Å². The molecule has 5 heteroatoms. The van der Waals surface area contributed by atoms with Crippen LogP contribution in [0.4, 0.5) is 4.79 Å². The predicted molar refractivity (Wildman–Crippen MR) is 31.4 cm³/mol. The van der Waals surface area contributed by atoms with E-state index in [-0.39, 0.29) is 12.3 Å². The van der Waals surface area contributed by atoms with Crippen LogP contribution in [0.3, 0.4) is 0 Å². The zero-order valence-electron chi connectivity index (χ0n) is 5.10.